The minimum atomic E-state index is -0.673. The van der Waals surface area contributed by atoms with Crippen LogP contribution in [0.25, 0.3) is 0 Å². The first kappa shape index (κ1) is 17.3. The summed E-state index contributed by atoms with van der Waals surface area (Å²) in [6.07, 6.45) is 1.66. The quantitative estimate of drug-likeness (QED) is 0.754. The maximum atomic E-state index is 12.3. The predicted molar refractivity (Wildman–Crippen MR) is 93.7 cm³/mol. The molecule has 7 nitrogen and oxygen atoms in total. The highest BCUT2D eigenvalue weighted by molar-refractivity contribution is 5.91. The molecule has 0 aliphatic heterocycles. The highest BCUT2D eigenvalue weighted by atomic mass is 16.2. The van der Waals surface area contributed by atoms with Crippen molar-refractivity contribution in [1.82, 2.24) is 10.3 Å². The van der Waals surface area contributed by atoms with E-state index in [1.807, 2.05) is 55.4 Å². The normalized spacial score (nSPS) is 11.4. The SMILES string of the molecule is CN(C)c1ccc(NC(=O)CC(NC(N)=O)c2ccccc2)cn1. The van der Waals surface area contributed by atoms with Gasteiger partial charge >= 0.3 is 6.03 Å². The first-order valence-electron chi connectivity index (χ1n) is 7.50. The van der Waals surface area contributed by atoms with Crippen molar-refractivity contribution < 1.29 is 9.59 Å². The van der Waals surface area contributed by atoms with Crippen LogP contribution in [-0.2, 0) is 4.79 Å². The van der Waals surface area contributed by atoms with Crippen molar-refractivity contribution in [3.8, 4) is 0 Å². The molecule has 1 aromatic heterocycles. The molecule has 3 amide bonds. The number of hydrogen-bond acceptors (Lipinski definition) is 4. The lowest BCUT2D eigenvalue weighted by molar-refractivity contribution is -0.116. The van der Waals surface area contributed by atoms with Crippen molar-refractivity contribution in [2.75, 3.05) is 24.3 Å². The number of rotatable bonds is 6. The highest BCUT2D eigenvalue weighted by Gasteiger charge is 2.17. The number of aromatic nitrogens is 1. The number of pyridine rings is 1. The van der Waals surface area contributed by atoms with Gasteiger partial charge in [-0.15, -0.1) is 0 Å². The molecule has 2 aromatic rings. The van der Waals surface area contributed by atoms with Gasteiger partial charge in [0, 0.05) is 14.1 Å². The van der Waals surface area contributed by atoms with Gasteiger partial charge in [0.05, 0.1) is 24.3 Å². The maximum Gasteiger partial charge on any atom is 0.312 e. The number of carbonyl (C=O) groups is 2. The molecule has 1 atom stereocenters. The van der Waals surface area contributed by atoms with E-state index in [1.54, 1.807) is 12.3 Å². The molecule has 0 spiro atoms. The number of carbonyl (C=O) groups excluding carboxylic acids is 2. The van der Waals surface area contributed by atoms with Gasteiger partial charge in [-0.2, -0.15) is 0 Å². The van der Waals surface area contributed by atoms with Crippen molar-refractivity contribution in [1.29, 1.82) is 0 Å². The lowest BCUT2D eigenvalue weighted by Crippen LogP contribution is -2.35. The second-order valence-corrected chi connectivity index (χ2v) is 5.52. The number of urea groups is 1. The van der Waals surface area contributed by atoms with E-state index in [9.17, 15) is 9.59 Å². The fourth-order valence-corrected chi connectivity index (χ4v) is 2.23. The Hall–Kier alpha value is -3.09. The molecule has 1 aromatic carbocycles. The van der Waals surface area contributed by atoms with Gasteiger partial charge in [0.1, 0.15) is 5.82 Å². The van der Waals surface area contributed by atoms with Gasteiger partial charge in [0.25, 0.3) is 0 Å². The first-order valence-corrected chi connectivity index (χ1v) is 7.50. The van der Waals surface area contributed by atoms with Gasteiger partial charge in [-0.3, -0.25) is 4.79 Å². The van der Waals surface area contributed by atoms with Crippen molar-refractivity contribution in [3.05, 3.63) is 54.2 Å². The summed E-state index contributed by atoms with van der Waals surface area (Å²) in [6, 6.07) is 11.6. The van der Waals surface area contributed by atoms with Gasteiger partial charge in [-0.25, -0.2) is 9.78 Å². The molecule has 0 saturated heterocycles. The van der Waals surface area contributed by atoms with Crippen LogP contribution in [0, 0.1) is 0 Å². The van der Waals surface area contributed by atoms with E-state index < -0.39 is 12.1 Å². The molecule has 24 heavy (non-hydrogen) atoms. The Morgan fingerprint density at radius 2 is 1.88 bits per heavy atom. The molecule has 0 saturated carbocycles. The lowest BCUT2D eigenvalue weighted by Gasteiger charge is -2.18. The Kier molecular flexibility index (Phi) is 5.73. The van der Waals surface area contributed by atoms with Gasteiger partial charge in [-0.1, -0.05) is 30.3 Å². The average molecular weight is 327 g/mol. The Morgan fingerprint density at radius 1 is 1.17 bits per heavy atom. The summed E-state index contributed by atoms with van der Waals surface area (Å²) in [6.45, 7) is 0. The monoisotopic (exact) mass is 327 g/mol. The van der Waals surface area contributed by atoms with Crippen LogP contribution in [0.15, 0.2) is 48.7 Å². The minimum Gasteiger partial charge on any atom is -0.363 e. The Balaban J connectivity index is 2.03. The second-order valence-electron chi connectivity index (χ2n) is 5.52. The zero-order chi connectivity index (χ0) is 17.5. The largest absolute Gasteiger partial charge is 0.363 e. The van der Waals surface area contributed by atoms with Crippen LogP contribution >= 0.6 is 0 Å². The van der Waals surface area contributed by atoms with Gasteiger partial charge in [-0.05, 0) is 17.7 Å². The molecular weight excluding hydrogens is 306 g/mol. The number of primary amides is 1. The third-order valence-corrected chi connectivity index (χ3v) is 3.40. The smallest absolute Gasteiger partial charge is 0.312 e. The lowest BCUT2D eigenvalue weighted by atomic mass is 10.0. The van der Waals surface area contributed by atoms with Crippen molar-refractivity contribution in [2.45, 2.75) is 12.5 Å². The summed E-state index contributed by atoms with van der Waals surface area (Å²) in [4.78, 5) is 29.6. The van der Waals surface area contributed by atoms with Crippen LogP contribution in [-0.4, -0.2) is 31.0 Å². The maximum absolute atomic E-state index is 12.3. The number of anilines is 2. The average Bonchev–Trinajstić information content (AvgIpc) is 2.55. The zero-order valence-electron chi connectivity index (χ0n) is 13.7. The molecule has 1 heterocycles. The van der Waals surface area contributed by atoms with E-state index in [2.05, 4.69) is 15.6 Å². The van der Waals surface area contributed by atoms with Crippen LogP contribution in [0.1, 0.15) is 18.0 Å². The Morgan fingerprint density at radius 3 is 2.42 bits per heavy atom. The van der Waals surface area contributed by atoms with Gasteiger partial charge in [0.15, 0.2) is 0 Å². The second kappa shape index (κ2) is 7.96. The van der Waals surface area contributed by atoms with Crippen molar-refractivity contribution in [2.24, 2.45) is 5.73 Å². The number of nitrogens with one attached hydrogen (secondary N) is 2. The zero-order valence-corrected chi connectivity index (χ0v) is 13.7. The number of nitrogens with two attached hydrogens (primary N) is 1. The third kappa shape index (κ3) is 4.98. The third-order valence-electron chi connectivity index (χ3n) is 3.40. The number of benzene rings is 1. The molecule has 0 bridgehead atoms. The number of hydrogen-bond donors (Lipinski definition) is 3. The first-order chi connectivity index (χ1) is 11.5. The van der Waals surface area contributed by atoms with Crippen LogP contribution in [0.3, 0.4) is 0 Å². The van der Waals surface area contributed by atoms with Gasteiger partial charge < -0.3 is 21.3 Å². The molecule has 0 fully saturated rings. The van der Waals surface area contributed by atoms with Crippen LogP contribution in [0.5, 0.6) is 0 Å². The molecule has 4 N–H and O–H groups in total. The molecule has 1 unspecified atom stereocenters. The molecule has 2 rings (SSSR count). The number of amides is 3. The van der Waals surface area contributed by atoms with Crippen LogP contribution < -0.4 is 21.3 Å². The summed E-state index contributed by atoms with van der Waals surface area (Å²) in [7, 11) is 3.78. The van der Waals surface area contributed by atoms with E-state index in [4.69, 9.17) is 5.73 Å². The van der Waals surface area contributed by atoms with Crippen molar-refractivity contribution >= 4 is 23.4 Å². The summed E-state index contributed by atoms with van der Waals surface area (Å²) in [5, 5.41) is 5.36. The minimum absolute atomic E-state index is 0.0718. The van der Waals surface area contributed by atoms with E-state index in [1.165, 1.54) is 0 Å². The van der Waals surface area contributed by atoms with E-state index >= 15 is 0 Å². The fourth-order valence-electron chi connectivity index (χ4n) is 2.23. The molecule has 126 valence electrons. The van der Waals surface area contributed by atoms with Crippen molar-refractivity contribution in [3.63, 3.8) is 0 Å². The van der Waals surface area contributed by atoms with E-state index in [0.717, 1.165) is 11.4 Å². The summed E-state index contributed by atoms with van der Waals surface area (Å²) in [5.41, 5.74) is 6.61. The van der Waals surface area contributed by atoms with E-state index in [0.29, 0.717) is 5.69 Å². The summed E-state index contributed by atoms with van der Waals surface area (Å²) >= 11 is 0. The fraction of sp³-hybridized carbons (Fsp3) is 0.235. The summed E-state index contributed by atoms with van der Waals surface area (Å²) < 4.78 is 0. The molecule has 0 aliphatic carbocycles. The van der Waals surface area contributed by atoms with E-state index in [-0.39, 0.29) is 12.3 Å². The van der Waals surface area contributed by atoms with Gasteiger partial charge in [0.2, 0.25) is 5.91 Å². The molecule has 0 aliphatic rings. The van der Waals surface area contributed by atoms with Crippen LogP contribution in [0.2, 0.25) is 0 Å². The molecular formula is C17H21N5O2. The summed E-state index contributed by atoms with van der Waals surface area (Å²) in [5.74, 6) is 0.558. The molecule has 0 radical (unpaired) electrons. The highest BCUT2D eigenvalue weighted by Crippen LogP contribution is 2.18. The topological polar surface area (TPSA) is 100 Å². The number of nitrogens with zero attached hydrogens (tertiary/aromatic N) is 2. The van der Waals surface area contributed by atoms with Crippen LogP contribution in [0.4, 0.5) is 16.3 Å². The Bertz CT molecular complexity index is 686. The standard InChI is InChI=1S/C17H21N5O2/c1-22(2)15-9-8-13(11-19-15)20-16(23)10-14(21-17(18)24)12-6-4-3-5-7-12/h3-9,11,14H,10H2,1-2H3,(H,20,23)(H3,18,21,24). The molecule has 7 heteroatoms. The predicted octanol–water partition coefficient (Wildman–Crippen LogP) is 1.89. The Labute approximate surface area is 140 Å².